The predicted octanol–water partition coefficient (Wildman–Crippen LogP) is 2.09. The fraction of sp³-hybridized carbons (Fsp3) is 0.400. The van der Waals surface area contributed by atoms with Gasteiger partial charge in [-0.2, -0.15) is 0 Å². The minimum absolute atomic E-state index is 0.0939. The number of nitrogens with zero attached hydrogens (tertiary/aromatic N) is 4. The molecule has 0 bridgehead atoms. The summed E-state index contributed by atoms with van der Waals surface area (Å²) in [7, 11) is 0. The van der Waals surface area contributed by atoms with E-state index in [1.807, 2.05) is 30.9 Å². The maximum Gasteiger partial charge on any atom is 0.255 e. The van der Waals surface area contributed by atoms with E-state index in [4.69, 9.17) is 6.42 Å². The lowest BCUT2D eigenvalue weighted by Gasteiger charge is -2.33. The highest BCUT2D eigenvalue weighted by Gasteiger charge is 2.28. The van der Waals surface area contributed by atoms with E-state index < -0.39 is 0 Å². The Bertz CT molecular complexity index is 846. The molecule has 0 unspecified atom stereocenters. The molecule has 140 valence electrons. The van der Waals surface area contributed by atoms with E-state index in [9.17, 15) is 4.79 Å². The van der Waals surface area contributed by atoms with E-state index in [2.05, 4.69) is 31.7 Å². The van der Waals surface area contributed by atoms with Crippen molar-refractivity contribution in [2.45, 2.75) is 39.2 Å². The summed E-state index contributed by atoms with van der Waals surface area (Å²) >= 11 is 0. The summed E-state index contributed by atoms with van der Waals surface area (Å²) in [4.78, 5) is 27.9. The molecule has 7 nitrogen and oxygen atoms in total. The van der Waals surface area contributed by atoms with E-state index in [0.717, 1.165) is 42.6 Å². The molecule has 2 aromatic rings. The number of amides is 1. The quantitative estimate of drug-likeness (QED) is 0.624. The normalized spacial score (nSPS) is 17.1. The van der Waals surface area contributed by atoms with Gasteiger partial charge in [0.2, 0.25) is 0 Å². The maximum absolute atomic E-state index is 12.7. The number of pyridine rings is 1. The molecule has 27 heavy (non-hydrogen) atoms. The SMILES string of the molecule is C#CCN1CCCC[C@@H]1C(=O)NNc1nc(-c2cccnc2)nc(C)c1C. The number of piperidine rings is 1. The van der Waals surface area contributed by atoms with Crippen LogP contribution in [0.4, 0.5) is 5.82 Å². The van der Waals surface area contributed by atoms with Gasteiger partial charge < -0.3 is 0 Å². The fourth-order valence-electron chi connectivity index (χ4n) is 3.17. The van der Waals surface area contributed by atoms with Crippen LogP contribution in [0.25, 0.3) is 11.4 Å². The van der Waals surface area contributed by atoms with Crippen molar-refractivity contribution >= 4 is 11.7 Å². The third-order valence-electron chi connectivity index (χ3n) is 4.82. The largest absolute Gasteiger partial charge is 0.281 e. The van der Waals surface area contributed by atoms with Crippen molar-refractivity contribution in [1.29, 1.82) is 0 Å². The van der Waals surface area contributed by atoms with Gasteiger partial charge in [0.05, 0.1) is 12.6 Å². The number of carbonyl (C=O) groups excluding carboxylic acids is 1. The van der Waals surface area contributed by atoms with Crippen LogP contribution in [0.1, 0.15) is 30.5 Å². The average molecular weight is 364 g/mol. The van der Waals surface area contributed by atoms with E-state index in [1.165, 1.54) is 0 Å². The van der Waals surface area contributed by atoms with Gasteiger partial charge in [0, 0.05) is 29.2 Å². The minimum atomic E-state index is -0.219. The first-order valence-corrected chi connectivity index (χ1v) is 9.09. The standard InChI is InChI=1S/C20H24N6O/c1-4-11-26-12-6-5-9-17(26)20(27)25-24-18-14(2)15(3)22-19(23-18)16-8-7-10-21-13-16/h1,7-8,10,13,17H,5-6,9,11-12H2,2-3H3,(H,25,27)(H,22,23,24)/t17-/m1/s1. The summed E-state index contributed by atoms with van der Waals surface area (Å²) in [6.07, 6.45) is 11.7. The lowest BCUT2D eigenvalue weighted by Crippen LogP contribution is -2.50. The highest BCUT2D eigenvalue weighted by atomic mass is 16.2. The van der Waals surface area contributed by atoms with Gasteiger partial charge in [-0.3, -0.25) is 25.5 Å². The first-order valence-electron chi connectivity index (χ1n) is 9.09. The first kappa shape index (κ1) is 18.8. The number of terminal acetylenes is 1. The molecular formula is C20H24N6O. The molecular weight excluding hydrogens is 340 g/mol. The van der Waals surface area contributed by atoms with E-state index in [1.54, 1.807) is 12.4 Å². The van der Waals surface area contributed by atoms with Gasteiger partial charge in [0.15, 0.2) is 11.6 Å². The number of likely N-dealkylation sites (tertiary alicyclic amines) is 1. The summed E-state index contributed by atoms with van der Waals surface area (Å²) in [6, 6.07) is 3.52. The Morgan fingerprint density at radius 3 is 2.96 bits per heavy atom. The van der Waals surface area contributed by atoms with Gasteiger partial charge in [-0.25, -0.2) is 9.97 Å². The lowest BCUT2D eigenvalue weighted by molar-refractivity contribution is -0.126. The summed E-state index contributed by atoms with van der Waals surface area (Å²) in [5.41, 5.74) is 8.32. The predicted molar refractivity (Wildman–Crippen MR) is 105 cm³/mol. The lowest BCUT2D eigenvalue weighted by atomic mass is 10.0. The van der Waals surface area contributed by atoms with Crippen LogP contribution >= 0.6 is 0 Å². The van der Waals surface area contributed by atoms with Gasteiger partial charge in [-0.15, -0.1) is 6.42 Å². The van der Waals surface area contributed by atoms with Gasteiger partial charge in [-0.05, 0) is 45.4 Å². The summed E-state index contributed by atoms with van der Waals surface area (Å²) in [5, 5.41) is 0. The van der Waals surface area contributed by atoms with Crippen LogP contribution < -0.4 is 10.9 Å². The Balaban J connectivity index is 1.74. The molecule has 1 amide bonds. The number of hydrazine groups is 1. The zero-order valence-corrected chi connectivity index (χ0v) is 15.7. The van der Waals surface area contributed by atoms with Crippen LogP contribution in [0, 0.1) is 26.2 Å². The Labute approximate surface area is 159 Å². The minimum Gasteiger partial charge on any atom is -0.281 e. The van der Waals surface area contributed by atoms with Crippen molar-refractivity contribution in [2.24, 2.45) is 0 Å². The van der Waals surface area contributed by atoms with E-state index in [0.29, 0.717) is 18.2 Å². The number of rotatable bonds is 5. The average Bonchev–Trinajstić information content (AvgIpc) is 2.70. The Hall–Kier alpha value is -2.98. The summed E-state index contributed by atoms with van der Waals surface area (Å²) in [5.74, 6) is 3.69. The number of nitrogens with one attached hydrogen (secondary N) is 2. The second-order valence-corrected chi connectivity index (χ2v) is 6.65. The third kappa shape index (κ3) is 4.41. The fourth-order valence-corrected chi connectivity index (χ4v) is 3.17. The molecule has 0 saturated carbocycles. The Kier molecular flexibility index (Phi) is 5.99. The summed E-state index contributed by atoms with van der Waals surface area (Å²) in [6.45, 7) is 5.16. The third-order valence-corrected chi connectivity index (χ3v) is 4.82. The highest BCUT2D eigenvalue weighted by molar-refractivity contribution is 5.83. The number of anilines is 1. The van der Waals surface area contributed by atoms with Crippen LogP contribution in [-0.4, -0.2) is 44.9 Å². The molecule has 3 heterocycles. The molecule has 1 aliphatic heterocycles. The molecule has 0 spiro atoms. The van der Waals surface area contributed by atoms with Gasteiger partial charge >= 0.3 is 0 Å². The zero-order chi connectivity index (χ0) is 19.2. The molecule has 7 heteroatoms. The van der Waals surface area contributed by atoms with Gasteiger partial charge in [-0.1, -0.05) is 12.3 Å². The molecule has 0 radical (unpaired) electrons. The van der Waals surface area contributed by atoms with Crippen molar-refractivity contribution in [3.63, 3.8) is 0 Å². The molecule has 1 saturated heterocycles. The van der Waals surface area contributed by atoms with Crippen molar-refractivity contribution < 1.29 is 4.79 Å². The molecule has 2 aromatic heterocycles. The molecule has 1 atom stereocenters. The molecule has 0 aliphatic carbocycles. The van der Waals surface area contributed by atoms with Gasteiger partial charge in [0.25, 0.3) is 5.91 Å². The maximum atomic E-state index is 12.7. The Morgan fingerprint density at radius 1 is 1.37 bits per heavy atom. The smallest absolute Gasteiger partial charge is 0.255 e. The topological polar surface area (TPSA) is 83.0 Å². The van der Waals surface area contributed by atoms with Crippen molar-refractivity contribution in [2.75, 3.05) is 18.5 Å². The highest BCUT2D eigenvalue weighted by Crippen LogP contribution is 2.21. The molecule has 2 N–H and O–H groups in total. The van der Waals surface area contributed by atoms with Crippen LogP contribution in [-0.2, 0) is 4.79 Å². The molecule has 1 fully saturated rings. The number of hydrogen-bond donors (Lipinski definition) is 2. The van der Waals surface area contributed by atoms with Crippen LogP contribution in [0.2, 0.25) is 0 Å². The monoisotopic (exact) mass is 364 g/mol. The van der Waals surface area contributed by atoms with Crippen LogP contribution in [0.15, 0.2) is 24.5 Å². The van der Waals surface area contributed by atoms with Crippen molar-refractivity contribution in [3.05, 3.63) is 35.8 Å². The molecule has 3 rings (SSSR count). The molecule has 0 aromatic carbocycles. The zero-order valence-electron chi connectivity index (χ0n) is 15.7. The molecule has 1 aliphatic rings. The number of hydrogen-bond acceptors (Lipinski definition) is 6. The second kappa shape index (κ2) is 8.60. The van der Waals surface area contributed by atoms with Crippen LogP contribution in [0.5, 0.6) is 0 Å². The van der Waals surface area contributed by atoms with E-state index in [-0.39, 0.29) is 11.9 Å². The van der Waals surface area contributed by atoms with Crippen molar-refractivity contribution in [1.82, 2.24) is 25.3 Å². The Morgan fingerprint density at radius 2 is 2.22 bits per heavy atom. The number of aryl methyl sites for hydroxylation is 1. The first-order chi connectivity index (χ1) is 13.1. The second-order valence-electron chi connectivity index (χ2n) is 6.65. The summed E-state index contributed by atoms with van der Waals surface area (Å²) < 4.78 is 0. The number of carbonyl (C=O) groups is 1. The van der Waals surface area contributed by atoms with Gasteiger partial charge in [0.1, 0.15) is 0 Å². The van der Waals surface area contributed by atoms with E-state index >= 15 is 0 Å². The van der Waals surface area contributed by atoms with Crippen LogP contribution in [0.3, 0.4) is 0 Å². The van der Waals surface area contributed by atoms with Crippen molar-refractivity contribution in [3.8, 4) is 23.7 Å². The number of aromatic nitrogens is 3.